The maximum atomic E-state index is 11.8. The summed E-state index contributed by atoms with van der Waals surface area (Å²) in [6.45, 7) is 2.21. The van der Waals surface area contributed by atoms with Crippen molar-refractivity contribution in [2.75, 3.05) is 7.05 Å². The molecule has 1 aliphatic rings. The molecule has 1 aromatic rings. The van der Waals surface area contributed by atoms with Crippen molar-refractivity contribution in [1.29, 1.82) is 0 Å². The Balaban J connectivity index is 2.78. The van der Waals surface area contributed by atoms with Crippen LogP contribution in [0.1, 0.15) is 11.1 Å². The molecule has 1 aromatic carbocycles. The molecule has 0 bridgehead atoms. The second-order valence-electron chi connectivity index (χ2n) is 3.48. The number of hydrogen-bond donors (Lipinski definition) is 0. The van der Waals surface area contributed by atoms with E-state index < -0.39 is 10.0 Å². The molecule has 0 aromatic heterocycles. The predicted molar refractivity (Wildman–Crippen MR) is 54.8 cm³/mol. The Morgan fingerprint density at radius 2 is 2.07 bits per heavy atom. The van der Waals surface area contributed by atoms with Crippen LogP contribution in [0.5, 0.6) is 0 Å². The lowest BCUT2D eigenvalue weighted by Gasteiger charge is -2.04. The van der Waals surface area contributed by atoms with Crippen LogP contribution < -0.4 is 0 Å². The summed E-state index contributed by atoms with van der Waals surface area (Å²) < 4.78 is 24.8. The minimum absolute atomic E-state index is 0.352. The van der Waals surface area contributed by atoms with E-state index in [1.807, 2.05) is 6.92 Å². The van der Waals surface area contributed by atoms with Crippen LogP contribution >= 0.6 is 11.6 Å². The van der Waals surface area contributed by atoms with Crippen molar-refractivity contribution >= 4 is 21.6 Å². The first kappa shape index (κ1) is 9.96. The molecular weight excluding hydrogens is 222 g/mol. The zero-order chi connectivity index (χ0) is 10.5. The minimum atomic E-state index is -3.28. The van der Waals surface area contributed by atoms with Crippen molar-refractivity contribution in [2.24, 2.45) is 0 Å². The van der Waals surface area contributed by atoms with E-state index in [0.717, 1.165) is 5.56 Å². The molecule has 0 aliphatic carbocycles. The number of benzene rings is 1. The van der Waals surface area contributed by atoms with Crippen molar-refractivity contribution in [2.45, 2.75) is 18.4 Å². The van der Waals surface area contributed by atoms with E-state index in [0.29, 0.717) is 22.0 Å². The summed E-state index contributed by atoms with van der Waals surface area (Å²) >= 11 is 5.98. The summed E-state index contributed by atoms with van der Waals surface area (Å²) in [5, 5.41) is 0.535. The molecule has 1 heterocycles. The molecule has 76 valence electrons. The average Bonchev–Trinajstić information content (AvgIpc) is 2.28. The lowest BCUT2D eigenvalue weighted by molar-refractivity contribution is 0.488. The quantitative estimate of drug-likeness (QED) is 0.683. The zero-order valence-corrected chi connectivity index (χ0v) is 9.48. The maximum Gasteiger partial charge on any atom is 0.243 e. The zero-order valence-electron chi connectivity index (χ0n) is 7.91. The lowest BCUT2D eigenvalue weighted by atomic mass is 10.1. The summed E-state index contributed by atoms with van der Waals surface area (Å²) in [6, 6.07) is 3.45. The van der Waals surface area contributed by atoms with Gasteiger partial charge in [0.2, 0.25) is 10.0 Å². The highest BCUT2D eigenvalue weighted by molar-refractivity contribution is 7.89. The Hall–Kier alpha value is -0.580. The summed E-state index contributed by atoms with van der Waals surface area (Å²) in [5.41, 5.74) is 1.58. The number of hydrogen-bond acceptors (Lipinski definition) is 2. The van der Waals surface area contributed by atoms with E-state index in [4.69, 9.17) is 11.6 Å². The highest BCUT2D eigenvalue weighted by atomic mass is 35.5. The third kappa shape index (κ3) is 1.26. The van der Waals surface area contributed by atoms with Crippen molar-refractivity contribution in [3.63, 3.8) is 0 Å². The van der Waals surface area contributed by atoms with Gasteiger partial charge in [-0.2, -0.15) is 4.31 Å². The smallest absolute Gasteiger partial charge is 0.207 e. The van der Waals surface area contributed by atoms with Crippen LogP contribution in [0.3, 0.4) is 0 Å². The van der Waals surface area contributed by atoms with Gasteiger partial charge in [-0.1, -0.05) is 11.6 Å². The monoisotopic (exact) mass is 231 g/mol. The fourth-order valence-electron chi connectivity index (χ4n) is 1.60. The Morgan fingerprint density at radius 1 is 1.43 bits per heavy atom. The fourth-order valence-corrected chi connectivity index (χ4v) is 3.44. The fraction of sp³-hybridized carbons (Fsp3) is 0.333. The van der Waals surface area contributed by atoms with E-state index in [1.54, 1.807) is 19.2 Å². The molecular formula is C9H10ClNO2S. The van der Waals surface area contributed by atoms with Gasteiger partial charge in [-0.3, -0.25) is 0 Å². The third-order valence-electron chi connectivity index (χ3n) is 2.37. The predicted octanol–water partition coefficient (Wildman–Crippen LogP) is 1.78. The van der Waals surface area contributed by atoms with Crippen molar-refractivity contribution in [3.8, 4) is 0 Å². The van der Waals surface area contributed by atoms with E-state index in [9.17, 15) is 8.42 Å². The van der Waals surface area contributed by atoms with Gasteiger partial charge in [0.25, 0.3) is 0 Å². The van der Waals surface area contributed by atoms with Gasteiger partial charge in [0.1, 0.15) is 0 Å². The number of nitrogens with zero attached hydrogens (tertiary/aromatic N) is 1. The number of halogens is 1. The van der Waals surface area contributed by atoms with Crippen LogP contribution in [0, 0.1) is 6.92 Å². The topological polar surface area (TPSA) is 37.4 Å². The summed E-state index contributed by atoms with van der Waals surface area (Å²) in [5.74, 6) is 0. The Bertz CT molecular complexity index is 496. The second-order valence-corrected chi connectivity index (χ2v) is 5.91. The van der Waals surface area contributed by atoms with Crippen LogP contribution in [0.4, 0.5) is 0 Å². The summed E-state index contributed by atoms with van der Waals surface area (Å²) in [6.07, 6.45) is 0. The molecule has 0 unspecified atom stereocenters. The molecule has 0 spiro atoms. The van der Waals surface area contributed by atoms with Crippen molar-refractivity contribution in [1.82, 2.24) is 4.31 Å². The highest BCUT2D eigenvalue weighted by Gasteiger charge is 2.33. The van der Waals surface area contributed by atoms with Crippen LogP contribution in [0.15, 0.2) is 17.0 Å². The standard InChI is InChI=1S/C9H10ClNO2S/c1-6-3-8(10)7-5-11(2)14(12,13)9(7)4-6/h3-4H,5H2,1-2H3. The largest absolute Gasteiger partial charge is 0.243 e. The molecule has 0 atom stereocenters. The molecule has 2 rings (SSSR count). The normalized spacial score (nSPS) is 19.6. The van der Waals surface area contributed by atoms with Gasteiger partial charge in [0.05, 0.1) is 4.90 Å². The van der Waals surface area contributed by atoms with Gasteiger partial charge >= 0.3 is 0 Å². The van der Waals surface area contributed by atoms with Crippen molar-refractivity contribution in [3.05, 3.63) is 28.3 Å². The van der Waals surface area contributed by atoms with Gasteiger partial charge in [-0.15, -0.1) is 0 Å². The van der Waals surface area contributed by atoms with Gasteiger partial charge in [-0.05, 0) is 24.6 Å². The number of fused-ring (bicyclic) bond motifs is 1. The highest BCUT2D eigenvalue weighted by Crippen LogP contribution is 2.34. The lowest BCUT2D eigenvalue weighted by Crippen LogP contribution is -2.18. The first-order valence-corrected chi connectivity index (χ1v) is 6.00. The van der Waals surface area contributed by atoms with E-state index in [1.165, 1.54) is 4.31 Å². The molecule has 0 amide bonds. The Morgan fingerprint density at radius 3 is 2.71 bits per heavy atom. The van der Waals surface area contributed by atoms with Crippen LogP contribution in [-0.4, -0.2) is 19.8 Å². The molecule has 14 heavy (non-hydrogen) atoms. The summed E-state index contributed by atoms with van der Waals surface area (Å²) in [7, 11) is -1.72. The molecule has 0 N–H and O–H groups in total. The van der Waals surface area contributed by atoms with Crippen LogP contribution in [-0.2, 0) is 16.6 Å². The molecule has 0 radical (unpaired) electrons. The van der Waals surface area contributed by atoms with Gasteiger partial charge in [-0.25, -0.2) is 8.42 Å². The van der Waals surface area contributed by atoms with E-state index in [-0.39, 0.29) is 0 Å². The van der Waals surface area contributed by atoms with E-state index in [2.05, 4.69) is 0 Å². The number of rotatable bonds is 0. The third-order valence-corrected chi connectivity index (χ3v) is 4.57. The molecule has 0 saturated heterocycles. The van der Waals surface area contributed by atoms with Gasteiger partial charge in [0.15, 0.2) is 0 Å². The SMILES string of the molecule is Cc1cc(Cl)c2c(c1)S(=O)(=O)N(C)C2. The minimum Gasteiger partial charge on any atom is -0.207 e. The summed E-state index contributed by atoms with van der Waals surface area (Å²) in [4.78, 5) is 0.352. The average molecular weight is 232 g/mol. The van der Waals surface area contributed by atoms with Crippen molar-refractivity contribution < 1.29 is 8.42 Å². The van der Waals surface area contributed by atoms with Crippen LogP contribution in [0.25, 0.3) is 0 Å². The Labute approximate surface area is 88.3 Å². The van der Waals surface area contributed by atoms with Crippen LogP contribution in [0.2, 0.25) is 5.02 Å². The molecule has 3 nitrogen and oxygen atoms in total. The molecule has 0 saturated carbocycles. The second kappa shape index (κ2) is 2.95. The van der Waals surface area contributed by atoms with Gasteiger partial charge in [0, 0.05) is 24.2 Å². The molecule has 0 fully saturated rings. The first-order valence-electron chi connectivity index (χ1n) is 4.18. The first-order chi connectivity index (χ1) is 6.43. The van der Waals surface area contributed by atoms with E-state index >= 15 is 0 Å². The number of aryl methyl sites for hydroxylation is 1. The van der Waals surface area contributed by atoms with Gasteiger partial charge < -0.3 is 0 Å². The molecule has 1 aliphatic heterocycles. The Kier molecular flexibility index (Phi) is 2.10. The maximum absolute atomic E-state index is 11.8. The number of sulfonamides is 1. The molecule has 5 heteroatoms.